The van der Waals surface area contributed by atoms with Gasteiger partial charge in [0, 0.05) is 55.1 Å². The number of carbonyl (C=O) groups excluding carboxylic acids is 1. The zero-order chi connectivity index (χ0) is 24.1. The number of nitrogens with zero attached hydrogens (tertiary/aromatic N) is 4. The number of nitrogens with one attached hydrogen (secondary N) is 1. The summed E-state index contributed by atoms with van der Waals surface area (Å²) in [7, 11) is 3.42. The fourth-order valence-electron chi connectivity index (χ4n) is 4.64. The molecule has 2 aromatic heterocycles. The molecule has 1 atom stereocenters. The van der Waals surface area contributed by atoms with E-state index in [1.807, 2.05) is 42.6 Å². The molecule has 1 N–H and O–H groups in total. The summed E-state index contributed by atoms with van der Waals surface area (Å²) in [6.07, 6.45) is 2.79. The SMILES string of the molecule is CN(C)C(=O)COc1ccc2c(c1)N(c1nc(-c3ccc4[nH]ccc4c3)nc3c1C[S+]([O-])C3)CC2. The number of aromatic nitrogens is 3. The average Bonchev–Trinajstić information content (AvgIpc) is 3.58. The molecule has 2 aromatic carbocycles. The van der Waals surface area contributed by atoms with Crippen LogP contribution in [0, 0.1) is 0 Å². The molecule has 4 heterocycles. The van der Waals surface area contributed by atoms with E-state index in [9.17, 15) is 9.35 Å². The molecule has 8 nitrogen and oxygen atoms in total. The fourth-order valence-corrected chi connectivity index (χ4v) is 5.90. The molecule has 2 aliphatic rings. The second kappa shape index (κ2) is 8.58. The first-order valence-corrected chi connectivity index (χ1v) is 13.0. The van der Waals surface area contributed by atoms with Gasteiger partial charge in [0.25, 0.3) is 5.91 Å². The lowest BCUT2D eigenvalue weighted by atomic mass is 10.1. The van der Waals surface area contributed by atoms with Crippen LogP contribution in [0.1, 0.15) is 16.8 Å². The first-order chi connectivity index (χ1) is 17.0. The second-order valence-electron chi connectivity index (χ2n) is 9.07. The Morgan fingerprint density at radius 1 is 1.17 bits per heavy atom. The van der Waals surface area contributed by atoms with Gasteiger partial charge in [-0.05, 0) is 53.5 Å². The Hall–Kier alpha value is -3.56. The number of aromatic amines is 1. The van der Waals surface area contributed by atoms with Gasteiger partial charge in [-0.25, -0.2) is 9.97 Å². The van der Waals surface area contributed by atoms with Crippen LogP contribution in [0.4, 0.5) is 11.5 Å². The molecule has 0 radical (unpaired) electrons. The zero-order valence-electron chi connectivity index (χ0n) is 19.6. The van der Waals surface area contributed by atoms with Gasteiger partial charge in [0.15, 0.2) is 12.4 Å². The Bertz CT molecular complexity index is 1450. The topological polar surface area (TPSA) is 97.4 Å². The van der Waals surface area contributed by atoms with Gasteiger partial charge in [-0.3, -0.25) is 4.79 Å². The summed E-state index contributed by atoms with van der Waals surface area (Å²) in [6.45, 7) is 0.751. The highest BCUT2D eigenvalue weighted by atomic mass is 32.2. The third-order valence-corrected chi connectivity index (χ3v) is 7.76. The van der Waals surface area contributed by atoms with Crippen LogP contribution in [-0.4, -0.2) is 57.6 Å². The van der Waals surface area contributed by atoms with Crippen molar-refractivity contribution < 1.29 is 14.1 Å². The van der Waals surface area contributed by atoms with Crippen LogP contribution in [-0.2, 0) is 33.9 Å². The molecule has 0 fully saturated rings. The van der Waals surface area contributed by atoms with Crippen molar-refractivity contribution in [2.24, 2.45) is 0 Å². The molecule has 1 amide bonds. The van der Waals surface area contributed by atoms with E-state index in [2.05, 4.69) is 16.0 Å². The largest absolute Gasteiger partial charge is 0.616 e. The molecule has 1 unspecified atom stereocenters. The van der Waals surface area contributed by atoms with Crippen molar-refractivity contribution in [3.8, 4) is 17.1 Å². The van der Waals surface area contributed by atoms with Crippen molar-refractivity contribution in [1.29, 1.82) is 0 Å². The van der Waals surface area contributed by atoms with E-state index in [0.29, 0.717) is 23.1 Å². The number of hydrogen-bond acceptors (Lipinski definition) is 6. The molecule has 0 saturated heterocycles. The van der Waals surface area contributed by atoms with Crippen LogP contribution in [0.2, 0.25) is 0 Å². The highest BCUT2D eigenvalue weighted by molar-refractivity contribution is 7.90. The van der Waals surface area contributed by atoms with Crippen LogP contribution < -0.4 is 9.64 Å². The summed E-state index contributed by atoms with van der Waals surface area (Å²) < 4.78 is 18.3. The van der Waals surface area contributed by atoms with E-state index in [1.165, 1.54) is 10.5 Å². The minimum Gasteiger partial charge on any atom is -0.616 e. The van der Waals surface area contributed by atoms with Crippen LogP contribution in [0.3, 0.4) is 0 Å². The van der Waals surface area contributed by atoms with Gasteiger partial charge in [0.1, 0.15) is 28.8 Å². The molecular formula is C26H25N5O3S. The Morgan fingerprint density at radius 2 is 2.06 bits per heavy atom. The maximum atomic E-state index is 12.5. The summed E-state index contributed by atoms with van der Waals surface area (Å²) >= 11 is -0.986. The maximum Gasteiger partial charge on any atom is 0.259 e. The van der Waals surface area contributed by atoms with Gasteiger partial charge in [0.05, 0.1) is 5.56 Å². The van der Waals surface area contributed by atoms with E-state index in [0.717, 1.165) is 52.2 Å². The van der Waals surface area contributed by atoms with E-state index in [4.69, 9.17) is 14.7 Å². The molecule has 0 bridgehead atoms. The monoisotopic (exact) mass is 487 g/mol. The van der Waals surface area contributed by atoms with Gasteiger partial charge in [-0.1, -0.05) is 6.07 Å². The van der Waals surface area contributed by atoms with Gasteiger partial charge in [-0.2, -0.15) is 0 Å². The van der Waals surface area contributed by atoms with Crippen molar-refractivity contribution >= 4 is 39.5 Å². The molecule has 0 aliphatic carbocycles. The first-order valence-electron chi connectivity index (χ1n) is 11.5. The second-order valence-corrected chi connectivity index (χ2v) is 10.5. The van der Waals surface area contributed by atoms with E-state index in [1.54, 1.807) is 14.1 Å². The average molecular weight is 488 g/mol. The van der Waals surface area contributed by atoms with Crippen LogP contribution in [0.15, 0.2) is 48.7 Å². The lowest BCUT2D eigenvalue weighted by Crippen LogP contribution is -2.27. The summed E-state index contributed by atoms with van der Waals surface area (Å²) in [5, 5.41) is 1.09. The molecule has 9 heteroatoms. The smallest absolute Gasteiger partial charge is 0.259 e. The lowest BCUT2D eigenvalue weighted by Gasteiger charge is -2.22. The van der Waals surface area contributed by atoms with Crippen molar-refractivity contribution in [3.63, 3.8) is 0 Å². The maximum absolute atomic E-state index is 12.5. The van der Waals surface area contributed by atoms with Gasteiger partial charge >= 0.3 is 0 Å². The number of benzene rings is 2. The molecule has 35 heavy (non-hydrogen) atoms. The first kappa shape index (κ1) is 21.9. The number of rotatable bonds is 5. The summed E-state index contributed by atoms with van der Waals surface area (Å²) in [5.41, 5.74) is 6.00. The zero-order valence-corrected chi connectivity index (χ0v) is 20.4. The van der Waals surface area contributed by atoms with Crippen molar-refractivity contribution in [2.45, 2.75) is 17.9 Å². The predicted molar refractivity (Wildman–Crippen MR) is 136 cm³/mol. The molecule has 4 aromatic rings. The summed E-state index contributed by atoms with van der Waals surface area (Å²) in [4.78, 5) is 28.7. The lowest BCUT2D eigenvalue weighted by molar-refractivity contribution is -0.130. The fraction of sp³-hybridized carbons (Fsp3) is 0.269. The molecular weight excluding hydrogens is 462 g/mol. The predicted octanol–water partition coefficient (Wildman–Crippen LogP) is 3.55. The Labute approximate surface area is 206 Å². The third-order valence-electron chi connectivity index (χ3n) is 6.55. The number of carbonyl (C=O) groups is 1. The molecule has 6 rings (SSSR count). The summed E-state index contributed by atoms with van der Waals surface area (Å²) in [6, 6.07) is 14.1. The normalized spacial score (nSPS) is 16.4. The van der Waals surface area contributed by atoms with Crippen molar-refractivity contribution in [1.82, 2.24) is 19.9 Å². The van der Waals surface area contributed by atoms with Crippen molar-refractivity contribution in [3.05, 3.63) is 65.5 Å². The summed E-state index contributed by atoms with van der Waals surface area (Å²) in [5.74, 6) is 2.89. The quantitative estimate of drug-likeness (QED) is 0.433. The highest BCUT2D eigenvalue weighted by Gasteiger charge is 2.33. The number of fused-ring (bicyclic) bond motifs is 3. The standard InChI is InChI=1S/C26H25N5O3S/c1-30(2)24(32)13-34-19-5-3-16-8-10-31(23(16)12-19)26-20-14-35(33)15-22(20)28-25(29-26)18-4-6-21-17(11-18)7-9-27-21/h3-7,9,11-12,27H,8,10,13-15H2,1-2H3. The van der Waals surface area contributed by atoms with E-state index >= 15 is 0 Å². The number of ether oxygens (including phenoxy) is 1. The van der Waals surface area contributed by atoms with E-state index in [-0.39, 0.29) is 12.5 Å². The van der Waals surface area contributed by atoms with Gasteiger partial charge in [0.2, 0.25) is 0 Å². The minimum atomic E-state index is -0.986. The molecule has 2 aliphatic heterocycles. The highest BCUT2D eigenvalue weighted by Crippen LogP contribution is 2.41. The molecule has 0 spiro atoms. The van der Waals surface area contributed by atoms with Crippen molar-refractivity contribution in [2.75, 3.05) is 32.1 Å². The van der Waals surface area contributed by atoms with Crippen LogP contribution in [0.5, 0.6) is 5.75 Å². The molecule has 178 valence electrons. The third kappa shape index (κ3) is 4.00. The number of likely N-dealkylation sites (N-methyl/N-ethyl adjacent to an activating group) is 1. The van der Waals surface area contributed by atoms with Gasteiger partial charge in [-0.15, -0.1) is 0 Å². The minimum absolute atomic E-state index is 0.0144. The molecule has 0 saturated carbocycles. The van der Waals surface area contributed by atoms with Crippen LogP contribution in [0.25, 0.3) is 22.3 Å². The Morgan fingerprint density at radius 3 is 2.91 bits per heavy atom. The number of H-pyrrole nitrogens is 1. The Kier molecular flexibility index (Phi) is 5.38. The van der Waals surface area contributed by atoms with Gasteiger partial charge < -0.3 is 24.1 Å². The number of amides is 1. The van der Waals surface area contributed by atoms with E-state index < -0.39 is 11.2 Å². The number of hydrogen-bond donors (Lipinski definition) is 1. The Balaban J connectivity index is 1.39. The van der Waals surface area contributed by atoms with Crippen LogP contribution >= 0.6 is 0 Å². The number of anilines is 2.